The van der Waals surface area contributed by atoms with Gasteiger partial charge in [-0.05, 0) is 31.5 Å². The maximum atomic E-state index is 12.7. The molecule has 2 aromatic rings. The van der Waals surface area contributed by atoms with Gasteiger partial charge in [0.25, 0.3) is 5.91 Å². The van der Waals surface area contributed by atoms with Crippen molar-refractivity contribution >= 4 is 23.3 Å². The van der Waals surface area contributed by atoms with E-state index in [-0.39, 0.29) is 22.8 Å². The molecule has 0 saturated carbocycles. The first-order valence-corrected chi connectivity index (χ1v) is 8.19. The molecule has 1 amide bonds. The Kier molecular flexibility index (Phi) is 4.79. The summed E-state index contributed by atoms with van der Waals surface area (Å²) in [5.41, 5.74) is 1.45. The van der Waals surface area contributed by atoms with Crippen molar-refractivity contribution in [3.63, 3.8) is 0 Å². The third kappa shape index (κ3) is 3.08. The minimum absolute atomic E-state index is 0.00810. The first-order chi connectivity index (χ1) is 12.5. The maximum Gasteiger partial charge on any atom is 0.340 e. The van der Waals surface area contributed by atoms with Gasteiger partial charge in [-0.1, -0.05) is 0 Å². The van der Waals surface area contributed by atoms with Crippen LogP contribution in [0.25, 0.3) is 0 Å². The lowest BCUT2D eigenvalue weighted by atomic mass is 9.94. The van der Waals surface area contributed by atoms with Gasteiger partial charge in [-0.3, -0.25) is 9.59 Å². The zero-order valence-electron chi connectivity index (χ0n) is 14.8. The summed E-state index contributed by atoms with van der Waals surface area (Å²) in [5.74, 6) is -0.0570. The van der Waals surface area contributed by atoms with Crippen LogP contribution in [0.2, 0.25) is 0 Å². The van der Waals surface area contributed by atoms with Crippen molar-refractivity contribution in [2.45, 2.75) is 26.2 Å². The number of anilines is 1. The molecule has 0 unspecified atom stereocenters. The summed E-state index contributed by atoms with van der Waals surface area (Å²) < 4.78 is 15.5. The number of rotatable bonds is 4. The van der Waals surface area contributed by atoms with E-state index in [1.54, 1.807) is 19.1 Å². The van der Waals surface area contributed by atoms with Crippen LogP contribution in [-0.4, -0.2) is 31.9 Å². The largest absolute Gasteiger partial charge is 0.497 e. The van der Waals surface area contributed by atoms with E-state index in [4.69, 9.17) is 13.9 Å². The fourth-order valence-corrected chi connectivity index (χ4v) is 3.08. The third-order valence-electron chi connectivity index (χ3n) is 4.39. The van der Waals surface area contributed by atoms with Gasteiger partial charge in [0.1, 0.15) is 11.5 Å². The number of esters is 1. The molecule has 1 aromatic carbocycles. The molecule has 3 rings (SSSR count). The quantitative estimate of drug-likeness (QED) is 0.845. The number of amides is 1. The number of hydrogen-bond donors (Lipinski definition) is 1. The van der Waals surface area contributed by atoms with E-state index >= 15 is 0 Å². The van der Waals surface area contributed by atoms with Crippen molar-refractivity contribution in [1.82, 2.24) is 0 Å². The molecule has 1 N–H and O–H groups in total. The summed E-state index contributed by atoms with van der Waals surface area (Å²) in [6.45, 7) is 1.69. The van der Waals surface area contributed by atoms with Crippen molar-refractivity contribution in [1.29, 1.82) is 0 Å². The molecule has 136 valence electrons. The second kappa shape index (κ2) is 7.03. The molecule has 1 heterocycles. The van der Waals surface area contributed by atoms with Gasteiger partial charge in [0, 0.05) is 18.4 Å². The average molecular weight is 357 g/mol. The molecule has 0 saturated heterocycles. The van der Waals surface area contributed by atoms with Crippen LogP contribution < -0.4 is 10.1 Å². The van der Waals surface area contributed by atoms with Gasteiger partial charge in [-0.2, -0.15) is 0 Å². The normalized spacial score (nSPS) is 13.1. The number of fused-ring (bicyclic) bond motifs is 1. The van der Waals surface area contributed by atoms with E-state index in [0.717, 1.165) is 0 Å². The fraction of sp³-hybridized carbons (Fsp3) is 0.316. The average Bonchev–Trinajstić information content (AvgIpc) is 2.99. The summed E-state index contributed by atoms with van der Waals surface area (Å²) in [6, 6.07) is 4.64. The summed E-state index contributed by atoms with van der Waals surface area (Å²) >= 11 is 0. The Hall–Kier alpha value is -3.09. The summed E-state index contributed by atoms with van der Waals surface area (Å²) in [5, 5.41) is 2.66. The first-order valence-electron chi connectivity index (χ1n) is 8.19. The van der Waals surface area contributed by atoms with Gasteiger partial charge in [-0.25, -0.2) is 4.79 Å². The van der Waals surface area contributed by atoms with Crippen LogP contribution >= 0.6 is 0 Å². The van der Waals surface area contributed by atoms with E-state index in [2.05, 4.69) is 5.32 Å². The number of ether oxygens (including phenoxy) is 2. The molecule has 0 aliphatic heterocycles. The summed E-state index contributed by atoms with van der Waals surface area (Å²) in [7, 11) is 2.73. The minimum Gasteiger partial charge on any atom is -0.497 e. The predicted octanol–water partition coefficient (Wildman–Crippen LogP) is 3.15. The van der Waals surface area contributed by atoms with Crippen LogP contribution in [0, 0.1) is 6.92 Å². The molecule has 1 aliphatic carbocycles. The Labute approximate surface area is 150 Å². The minimum atomic E-state index is -0.607. The van der Waals surface area contributed by atoms with Crippen molar-refractivity contribution in [2.24, 2.45) is 0 Å². The van der Waals surface area contributed by atoms with Crippen LogP contribution in [0.1, 0.15) is 55.4 Å². The third-order valence-corrected chi connectivity index (χ3v) is 4.39. The Morgan fingerprint density at radius 2 is 1.96 bits per heavy atom. The topological polar surface area (TPSA) is 94.8 Å². The number of methoxy groups -OCH3 is 2. The highest BCUT2D eigenvalue weighted by atomic mass is 16.5. The van der Waals surface area contributed by atoms with Gasteiger partial charge >= 0.3 is 5.97 Å². The molecule has 0 fully saturated rings. The number of furan rings is 1. The number of carbonyl (C=O) groups excluding carboxylic acids is 3. The van der Waals surface area contributed by atoms with Crippen molar-refractivity contribution < 1.29 is 28.3 Å². The molecule has 0 radical (unpaired) electrons. The van der Waals surface area contributed by atoms with E-state index < -0.39 is 11.9 Å². The Morgan fingerprint density at radius 3 is 2.62 bits per heavy atom. The smallest absolute Gasteiger partial charge is 0.340 e. The number of nitrogens with one attached hydrogen (secondary N) is 1. The first kappa shape index (κ1) is 17.7. The molecule has 7 heteroatoms. The van der Waals surface area contributed by atoms with Crippen molar-refractivity contribution in [3.05, 3.63) is 46.4 Å². The van der Waals surface area contributed by atoms with Crippen LogP contribution in [0.4, 0.5) is 5.69 Å². The van der Waals surface area contributed by atoms with Crippen LogP contribution in [0.3, 0.4) is 0 Å². The Balaban J connectivity index is 1.94. The number of Topliss-reactive ketones (excluding diaryl/α,β-unsaturated/α-hetero) is 1. The Morgan fingerprint density at radius 1 is 1.19 bits per heavy atom. The molecule has 7 nitrogen and oxygen atoms in total. The van der Waals surface area contributed by atoms with E-state index in [1.807, 2.05) is 0 Å². The van der Waals surface area contributed by atoms with E-state index in [9.17, 15) is 14.4 Å². The van der Waals surface area contributed by atoms with Gasteiger partial charge < -0.3 is 19.2 Å². The lowest BCUT2D eigenvalue weighted by Gasteiger charge is -2.11. The van der Waals surface area contributed by atoms with Crippen LogP contribution in [0.5, 0.6) is 5.75 Å². The lowest BCUT2D eigenvalue weighted by molar-refractivity contribution is 0.0601. The number of ketones is 1. The van der Waals surface area contributed by atoms with Gasteiger partial charge in [0.15, 0.2) is 11.5 Å². The highest BCUT2D eigenvalue weighted by Gasteiger charge is 2.29. The molecule has 0 bridgehead atoms. The molecule has 0 atom stereocenters. The second-order valence-corrected chi connectivity index (χ2v) is 5.99. The molecule has 1 aliphatic rings. The number of carbonyl (C=O) groups is 3. The van der Waals surface area contributed by atoms with Crippen molar-refractivity contribution in [2.75, 3.05) is 19.5 Å². The van der Waals surface area contributed by atoms with E-state index in [1.165, 1.54) is 20.3 Å². The summed E-state index contributed by atoms with van der Waals surface area (Å²) in [6.07, 6.45) is 1.80. The number of benzene rings is 1. The van der Waals surface area contributed by atoms with Gasteiger partial charge in [0.05, 0.1) is 31.0 Å². The number of hydrogen-bond acceptors (Lipinski definition) is 6. The highest BCUT2D eigenvalue weighted by molar-refractivity contribution is 6.09. The number of aryl methyl sites for hydroxylation is 1. The standard InChI is InChI=1S/C19H19NO6/c1-10-16-14(21)5-4-6-15(16)26-17(10)18(22)20-13-8-7-11(24-2)9-12(13)19(23)25-3/h7-9H,4-6H2,1-3H3,(H,20,22). The summed E-state index contributed by atoms with van der Waals surface area (Å²) in [4.78, 5) is 36.8. The van der Waals surface area contributed by atoms with Gasteiger partial charge in [-0.15, -0.1) is 0 Å². The SMILES string of the molecule is COC(=O)c1cc(OC)ccc1NC(=O)c1oc2c(c1C)C(=O)CCC2. The van der Waals surface area contributed by atoms with Crippen LogP contribution in [-0.2, 0) is 11.2 Å². The zero-order chi connectivity index (χ0) is 18.8. The van der Waals surface area contributed by atoms with Gasteiger partial charge in [0.2, 0.25) is 0 Å². The van der Waals surface area contributed by atoms with E-state index in [0.29, 0.717) is 41.9 Å². The zero-order valence-corrected chi connectivity index (χ0v) is 14.8. The van der Waals surface area contributed by atoms with Crippen LogP contribution in [0.15, 0.2) is 22.6 Å². The predicted molar refractivity (Wildman–Crippen MR) is 93.0 cm³/mol. The molecular formula is C19H19NO6. The monoisotopic (exact) mass is 357 g/mol. The fourth-order valence-electron chi connectivity index (χ4n) is 3.08. The molecule has 0 spiro atoms. The second-order valence-electron chi connectivity index (χ2n) is 5.99. The molecular weight excluding hydrogens is 338 g/mol. The highest BCUT2D eigenvalue weighted by Crippen LogP contribution is 2.30. The molecule has 26 heavy (non-hydrogen) atoms. The molecule has 1 aromatic heterocycles. The lowest BCUT2D eigenvalue weighted by Crippen LogP contribution is -2.16. The van der Waals surface area contributed by atoms with Crippen molar-refractivity contribution in [3.8, 4) is 5.75 Å². The maximum absolute atomic E-state index is 12.7. The Bertz CT molecular complexity index is 896.